The molecule has 0 fully saturated rings. The molecule has 0 spiro atoms. The largest absolute Gasteiger partial charge is 0.480 e. The highest BCUT2D eigenvalue weighted by Crippen LogP contribution is 2.37. The van der Waals surface area contributed by atoms with Crippen LogP contribution in [0.2, 0.25) is 5.02 Å². The Hall–Kier alpha value is -2.91. The number of nitrogens with one attached hydrogen (secondary N) is 1. The monoisotopic (exact) mass is 401 g/mol. The molecule has 10 heteroatoms. The van der Waals surface area contributed by atoms with Crippen LogP contribution in [0.25, 0.3) is 28.2 Å². The zero-order valence-corrected chi connectivity index (χ0v) is 16.7. The van der Waals surface area contributed by atoms with Gasteiger partial charge in [0.05, 0.1) is 25.6 Å². The molecule has 0 aliphatic rings. The second-order valence-corrected chi connectivity index (χ2v) is 6.88. The minimum absolute atomic E-state index is 0.0639. The minimum atomic E-state index is 0.0639. The van der Waals surface area contributed by atoms with Crippen molar-refractivity contribution in [2.45, 2.75) is 12.8 Å². The third-order valence-corrected chi connectivity index (χ3v) is 4.88. The topological polar surface area (TPSA) is 95.7 Å². The van der Waals surface area contributed by atoms with E-state index in [0.717, 1.165) is 22.4 Å². The van der Waals surface area contributed by atoms with Gasteiger partial charge < -0.3 is 18.6 Å². The fraction of sp³-hybridized carbons (Fsp3) is 0.333. The molecule has 0 saturated carbocycles. The number of imidazole rings is 1. The van der Waals surface area contributed by atoms with Gasteiger partial charge >= 0.3 is 0 Å². The normalized spacial score (nSPS) is 12.6. The summed E-state index contributed by atoms with van der Waals surface area (Å²) in [6.07, 6.45) is 5.28. The van der Waals surface area contributed by atoms with Crippen molar-refractivity contribution in [1.29, 1.82) is 0 Å². The number of rotatable bonds is 6. The van der Waals surface area contributed by atoms with Gasteiger partial charge in [0.15, 0.2) is 11.6 Å². The van der Waals surface area contributed by atoms with Crippen molar-refractivity contribution < 1.29 is 9.47 Å². The van der Waals surface area contributed by atoms with E-state index in [0.29, 0.717) is 29.2 Å². The first kappa shape index (κ1) is 18.5. The second kappa shape index (κ2) is 7.25. The van der Waals surface area contributed by atoms with Gasteiger partial charge in [0.25, 0.3) is 0 Å². The average Bonchev–Trinajstić information content (AvgIpc) is 3.41. The summed E-state index contributed by atoms with van der Waals surface area (Å²) >= 11 is 6.32. The maximum Gasteiger partial charge on any atom is 0.233 e. The molecule has 0 bridgehead atoms. The van der Waals surface area contributed by atoms with Crippen LogP contribution < -0.4 is 4.74 Å². The highest BCUT2D eigenvalue weighted by molar-refractivity contribution is 6.32. The van der Waals surface area contributed by atoms with E-state index in [4.69, 9.17) is 26.1 Å². The third-order valence-electron chi connectivity index (χ3n) is 4.61. The van der Waals surface area contributed by atoms with Crippen LogP contribution >= 0.6 is 11.6 Å². The number of aromatic nitrogens is 7. The van der Waals surface area contributed by atoms with E-state index < -0.39 is 0 Å². The highest BCUT2D eigenvalue weighted by Gasteiger charge is 2.24. The minimum Gasteiger partial charge on any atom is -0.480 e. The Morgan fingerprint density at radius 1 is 1.29 bits per heavy atom. The van der Waals surface area contributed by atoms with Crippen molar-refractivity contribution in [2.24, 2.45) is 7.05 Å². The maximum absolute atomic E-state index is 6.32. The number of hydrogen-bond donors (Lipinski definition) is 1. The Bertz CT molecular complexity index is 1120. The van der Waals surface area contributed by atoms with Gasteiger partial charge in [0.1, 0.15) is 21.9 Å². The molecule has 4 aromatic rings. The van der Waals surface area contributed by atoms with E-state index in [-0.39, 0.29) is 5.92 Å². The van der Waals surface area contributed by atoms with Gasteiger partial charge in [-0.05, 0) is 6.07 Å². The Morgan fingerprint density at radius 2 is 2.11 bits per heavy atom. The number of fused-ring (bicyclic) bond motifs is 1. The number of aromatic amines is 1. The standard InChI is InChI=1S/C18H20ClN7O2/c1-10(8-27-3)16-22-17(24-23-16)15-14(26-6-5-20-9-26)13-12(25(15)2)7-11(19)18(21-13)28-4/h5-7,9-10H,8H2,1-4H3,(H,22,23,24)/t10-/m0/s1. The van der Waals surface area contributed by atoms with Gasteiger partial charge in [0.2, 0.25) is 5.88 Å². The molecule has 0 aliphatic carbocycles. The molecule has 9 nitrogen and oxygen atoms in total. The van der Waals surface area contributed by atoms with Crippen molar-refractivity contribution in [1.82, 2.24) is 34.3 Å². The Labute approximate surface area is 166 Å². The lowest BCUT2D eigenvalue weighted by Gasteiger charge is -2.06. The van der Waals surface area contributed by atoms with E-state index in [1.807, 2.05) is 35.4 Å². The van der Waals surface area contributed by atoms with Crippen LogP contribution in [0.5, 0.6) is 5.88 Å². The lowest BCUT2D eigenvalue weighted by molar-refractivity contribution is 0.182. The number of hydrogen-bond acceptors (Lipinski definition) is 6. The molecule has 0 aliphatic heterocycles. The molecule has 0 unspecified atom stereocenters. The molecule has 0 radical (unpaired) electrons. The second-order valence-electron chi connectivity index (χ2n) is 6.47. The van der Waals surface area contributed by atoms with E-state index in [9.17, 15) is 0 Å². The van der Waals surface area contributed by atoms with Crippen LogP contribution in [0.4, 0.5) is 0 Å². The molecule has 4 heterocycles. The molecule has 0 saturated heterocycles. The Balaban J connectivity index is 1.98. The first-order chi connectivity index (χ1) is 13.5. The van der Waals surface area contributed by atoms with E-state index in [1.54, 1.807) is 26.7 Å². The summed E-state index contributed by atoms with van der Waals surface area (Å²) < 4.78 is 14.4. The molecule has 146 valence electrons. The summed E-state index contributed by atoms with van der Waals surface area (Å²) in [6, 6.07) is 1.83. The first-order valence-electron chi connectivity index (χ1n) is 8.68. The molecule has 0 aromatic carbocycles. The molecule has 28 heavy (non-hydrogen) atoms. The Morgan fingerprint density at radius 3 is 2.79 bits per heavy atom. The first-order valence-corrected chi connectivity index (χ1v) is 9.05. The lowest BCUT2D eigenvalue weighted by atomic mass is 10.2. The molecule has 0 amide bonds. The van der Waals surface area contributed by atoms with Crippen LogP contribution in [-0.4, -0.2) is 55.1 Å². The van der Waals surface area contributed by atoms with E-state index in [1.165, 1.54) is 0 Å². The van der Waals surface area contributed by atoms with Crippen molar-refractivity contribution in [2.75, 3.05) is 20.8 Å². The number of H-pyrrole nitrogens is 1. The predicted molar refractivity (Wildman–Crippen MR) is 105 cm³/mol. The van der Waals surface area contributed by atoms with Gasteiger partial charge in [-0.15, -0.1) is 0 Å². The zero-order chi connectivity index (χ0) is 19.8. The van der Waals surface area contributed by atoms with Crippen LogP contribution in [0, 0.1) is 0 Å². The maximum atomic E-state index is 6.32. The molecule has 4 rings (SSSR count). The van der Waals surface area contributed by atoms with Crippen LogP contribution in [0.3, 0.4) is 0 Å². The van der Waals surface area contributed by atoms with Gasteiger partial charge in [-0.25, -0.2) is 15.0 Å². The fourth-order valence-electron chi connectivity index (χ4n) is 3.26. The summed E-state index contributed by atoms with van der Waals surface area (Å²) in [5.41, 5.74) is 3.19. The highest BCUT2D eigenvalue weighted by atomic mass is 35.5. The number of aryl methyl sites for hydroxylation is 1. The van der Waals surface area contributed by atoms with Crippen molar-refractivity contribution >= 4 is 22.6 Å². The third kappa shape index (κ3) is 2.92. The summed E-state index contributed by atoms with van der Waals surface area (Å²) in [6.45, 7) is 2.55. The number of halogens is 1. The van der Waals surface area contributed by atoms with E-state index in [2.05, 4.69) is 20.2 Å². The molecule has 4 aromatic heterocycles. The van der Waals surface area contributed by atoms with Gasteiger partial charge in [-0.2, -0.15) is 5.10 Å². The molecule has 1 N–H and O–H groups in total. The SMILES string of the molecule is COC[C@H](C)c1n[nH]c(-c2c(-n3ccnc3)c3nc(OC)c(Cl)cc3n2C)n1. The zero-order valence-electron chi connectivity index (χ0n) is 16.0. The summed E-state index contributed by atoms with van der Waals surface area (Å²) in [5, 5.41) is 7.85. The van der Waals surface area contributed by atoms with Crippen molar-refractivity contribution in [3.05, 3.63) is 35.6 Å². The fourth-order valence-corrected chi connectivity index (χ4v) is 3.48. The van der Waals surface area contributed by atoms with Crippen molar-refractivity contribution in [3.8, 4) is 23.1 Å². The number of nitrogens with zero attached hydrogens (tertiary/aromatic N) is 6. The van der Waals surface area contributed by atoms with Crippen molar-refractivity contribution in [3.63, 3.8) is 0 Å². The lowest BCUT2D eigenvalue weighted by Crippen LogP contribution is -2.04. The summed E-state index contributed by atoms with van der Waals surface area (Å²) in [4.78, 5) is 13.5. The molecular weight excluding hydrogens is 382 g/mol. The summed E-state index contributed by atoms with van der Waals surface area (Å²) in [7, 11) is 5.14. The predicted octanol–water partition coefficient (Wildman–Crippen LogP) is 2.96. The average molecular weight is 402 g/mol. The van der Waals surface area contributed by atoms with Gasteiger partial charge in [-0.3, -0.25) is 5.10 Å². The molecular formula is C18H20ClN7O2. The van der Waals surface area contributed by atoms with Crippen LogP contribution in [0.1, 0.15) is 18.7 Å². The molecule has 1 atom stereocenters. The van der Waals surface area contributed by atoms with Gasteiger partial charge in [0, 0.05) is 32.5 Å². The van der Waals surface area contributed by atoms with Crippen LogP contribution in [0.15, 0.2) is 24.8 Å². The summed E-state index contributed by atoms with van der Waals surface area (Å²) in [5.74, 6) is 1.73. The quantitative estimate of drug-likeness (QED) is 0.533. The number of methoxy groups -OCH3 is 2. The van der Waals surface area contributed by atoms with Crippen LogP contribution in [-0.2, 0) is 11.8 Å². The number of pyridine rings is 1. The van der Waals surface area contributed by atoms with Gasteiger partial charge in [-0.1, -0.05) is 18.5 Å². The van der Waals surface area contributed by atoms with E-state index >= 15 is 0 Å². The smallest absolute Gasteiger partial charge is 0.233 e. The number of ether oxygens (including phenoxy) is 2. The Kier molecular flexibility index (Phi) is 4.78.